The second-order valence-corrected chi connectivity index (χ2v) is 4.41. The molecule has 0 aromatic carbocycles. The Morgan fingerprint density at radius 3 is 2.88 bits per heavy atom. The number of nitrogens with one attached hydrogen (secondary N) is 1. The highest BCUT2D eigenvalue weighted by Crippen LogP contribution is 2.01. The first-order valence-corrected chi connectivity index (χ1v) is 5.89. The number of rotatable bonds is 8. The monoisotopic (exact) mass is 226 g/mol. The molecule has 0 saturated carbocycles. The van der Waals surface area contributed by atoms with Crippen LogP contribution in [-0.4, -0.2) is 24.9 Å². The van der Waals surface area contributed by atoms with Crippen molar-refractivity contribution >= 4 is 0 Å². The summed E-state index contributed by atoms with van der Waals surface area (Å²) >= 11 is 0. The van der Waals surface area contributed by atoms with Crippen LogP contribution in [0.3, 0.4) is 0 Å². The molecule has 0 amide bonds. The molecule has 4 nitrogen and oxygen atoms in total. The summed E-state index contributed by atoms with van der Waals surface area (Å²) in [6, 6.07) is 1.94. The Hall–Kier alpha value is -0.870. The fourth-order valence-corrected chi connectivity index (χ4v) is 1.28. The molecule has 0 unspecified atom stereocenters. The van der Waals surface area contributed by atoms with E-state index in [1.807, 2.05) is 13.0 Å². The summed E-state index contributed by atoms with van der Waals surface area (Å²) in [4.78, 5) is 0. The fourth-order valence-electron chi connectivity index (χ4n) is 1.28. The van der Waals surface area contributed by atoms with Gasteiger partial charge in [-0.2, -0.15) is 0 Å². The molecule has 0 radical (unpaired) electrons. The highest BCUT2D eigenvalue weighted by Gasteiger charge is 1.99. The van der Waals surface area contributed by atoms with Crippen LogP contribution < -0.4 is 5.32 Å². The van der Waals surface area contributed by atoms with Crippen molar-refractivity contribution in [2.45, 2.75) is 33.7 Å². The van der Waals surface area contributed by atoms with E-state index in [0.717, 1.165) is 37.6 Å². The Morgan fingerprint density at radius 2 is 2.25 bits per heavy atom. The second-order valence-electron chi connectivity index (χ2n) is 4.41. The summed E-state index contributed by atoms with van der Waals surface area (Å²) in [5.41, 5.74) is 0.921. The highest BCUT2D eigenvalue weighted by molar-refractivity contribution is 5.02. The Labute approximate surface area is 97.3 Å². The molecule has 0 aliphatic heterocycles. The highest BCUT2D eigenvalue weighted by atomic mass is 16.5. The topological polar surface area (TPSA) is 47.3 Å². The lowest BCUT2D eigenvalue weighted by Crippen LogP contribution is -2.19. The molecule has 16 heavy (non-hydrogen) atoms. The Balaban J connectivity index is 1.92. The van der Waals surface area contributed by atoms with Gasteiger partial charge in [-0.25, -0.2) is 0 Å². The summed E-state index contributed by atoms with van der Waals surface area (Å²) in [6.45, 7) is 9.48. The van der Waals surface area contributed by atoms with Gasteiger partial charge in [0.1, 0.15) is 0 Å². The summed E-state index contributed by atoms with van der Waals surface area (Å²) in [5, 5.41) is 7.06. The van der Waals surface area contributed by atoms with Gasteiger partial charge in [0.05, 0.1) is 18.8 Å². The van der Waals surface area contributed by atoms with E-state index in [0.29, 0.717) is 12.5 Å². The van der Waals surface area contributed by atoms with E-state index in [1.165, 1.54) is 0 Å². The van der Waals surface area contributed by atoms with Gasteiger partial charge < -0.3 is 14.6 Å². The molecule has 0 atom stereocenters. The van der Waals surface area contributed by atoms with Crippen LogP contribution >= 0.6 is 0 Å². The first kappa shape index (κ1) is 13.2. The molecule has 1 rings (SSSR count). The third-order valence-electron chi connectivity index (χ3n) is 2.24. The molecule has 1 aromatic heterocycles. The average molecular weight is 226 g/mol. The summed E-state index contributed by atoms with van der Waals surface area (Å²) in [7, 11) is 0. The van der Waals surface area contributed by atoms with E-state index in [4.69, 9.17) is 9.26 Å². The van der Waals surface area contributed by atoms with Gasteiger partial charge in [-0.15, -0.1) is 0 Å². The zero-order valence-corrected chi connectivity index (χ0v) is 10.5. The van der Waals surface area contributed by atoms with Gasteiger partial charge in [0.2, 0.25) is 0 Å². The van der Waals surface area contributed by atoms with Crippen LogP contribution in [0.15, 0.2) is 10.6 Å². The lowest BCUT2D eigenvalue weighted by molar-refractivity contribution is 0.124. The number of hydrogen-bond acceptors (Lipinski definition) is 4. The standard InChI is InChI=1S/C12H22N2O2/c1-10(2)4-6-15-7-5-13-9-12-8-11(3)14-16-12/h8,10,13H,4-7,9H2,1-3H3. The maximum Gasteiger partial charge on any atom is 0.150 e. The minimum atomic E-state index is 0.713. The van der Waals surface area contributed by atoms with E-state index in [1.54, 1.807) is 0 Å². The minimum absolute atomic E-state index is 0.713. The van der Waals surface area contributed by atoms with Gasteiger partial charge in [-0.3, -0.25) is 0 Å². The van der Waals surface area contributed by atoms with Crippen LogP contribution in [0.2, 0.25) is 0 Å². The van der Waals surface area contributed by atoms with Crippen molar-refractivity contribution in [2.24, 2.45) is 5.92 Å². The van der Waals surface area contributed by atoms with E-state index in [2.05, 4.69) is 24.3 Å². The van der Waals surface area contributed by atoms with Crippen molar-refractivity contribution < 1.29 is 9.26 Å². The zero-order valence-electron chi connectivity index (χ0n) is 10.5. The number of nitrogens with zero attached hydrogens (tertiary/aromatic N) is 1. The summed E-state index contributed by atoms with van der Waals surface area (Å²) in [5.74, 6) is 1.59. The molecule has 4 heteroatoms. The number of ether oxygens (including phenoxy) is 1. The first-order chi connectivity index (χ1) is 7.68. The SMILES string of the molecule is Cc1cc(CNCCOCCC(C)C)on1. The molecule has 0 spiro atoms. The van der Waals surface area contributed by atoms with Crippen LogP contribution in [0.4, 0.5) is 0 Å². The number of hydrogen-bond donors (Lipinski definition) is 1. The third kappa shape index (κ3) is 5.88. The Morgan fingerprint density at radius 1 is 1.44 bits per heavy atom. The molecule has 0 saturated heterocycles. The molecule has 0 bridgehead atoms. The van der Waals surface area contributed by atoms with Crippen LogP contribution in [0.25, 0.3) is 0 Å². The van der Waals surface area contributed by atoms with Gasteiger partial charge in [0, 0.05) is 19.2 Å². The molecule has 1 N–H and O–H groups in total. The van der Waals surface area contributed by atoms with Crippen LogP contribution in [0.1, 0.15) is 31.7 Å². The largest absolute Gasteiger partial charge is 0.380 e. The lowest BCUT2D eigenvalue weighted by atomic mass is 10.1. The van der Waals surface area contributed by atoms with Gasteiger partial charge >= 0.3 is 0 Å². The maximum atomic E-state index is 5.48. The van der Waals surface area contributed by atoms with Gasteiger partial charge in [-0.05, 0) is 19.3 Å². The molecule has 1 aromatic rings. The van der Waals surface area contributed by atoms with E-state index >= 15 is 0 Å². The third-order valence-corrected chi connectivity index (χ3v) is 2.24. The average Bonchev–Trinajstić information content (AvgIpc) is 2.62. The second kappa shape index (κ2) is 7.41. The van der Waals surface area contributed by atoms with Crippen LogP contribution in [-0.2, 0) is 11.3 Å². The van der Waals surface area contributed by atoms with Crippen LogP contribution in [0.5, 0.6) is 0 Å². The van der Waals surface area contributed by atoms with E-state index < -0.39 is 0 Å². The van der Waals surface area contributed by atoms with Gasteiger partial charge in [-0.1, -0.05) is 19.0 Å². The Bertz CT molecular complexity index is 284. The van der Waals surface area contributed by atoms with Crippen molar-refractivity contribution in [3.05, 3.63) is 17.5 Å². The molecule has 0 aliphatic rings. The zero-order chi connectivity index (χ0) is 11.8. The van der Waals surface area contributed by atoms with Crippen molar-refractivity contribution in [1.82, 2.24) is 10.5 Å². The quantitative estimate of drug-likeness (QED) is 0.690. The van der Waals surface area contributed by atoms with Crippen molar-refractivity contribution in [3.8, 4) is 0 Å². The lowest BCUT2D eigenvalue weighted by Gasteiger charge is -2.06. The van der Waals surface area contributed by atoms with E-state index in [-0.39, 0.29) is 0 Å². The smallest absolute Gasteiger partial charge is 0.150 e. The summed E-state index contributed by atoms with van der Waals surface area (Å²) in [6.07, 6.45) is 1.13. The predicted octanol–water partition coefficient (Wildman–Crippen LogP) is 2.14. The van der Waals surface area contributed by atoms with Crippen LogP contribution in [0, 0.1) is 12.8 Å². The number of aryl methyl sites for hydroxylation is 1. The normalized spacial score (nSPS) is 11.2. The maximum absolute atomic E-state index is 5.48. The van der Waals surface area contributed by atoms with Crippen molar-refractivity contribution in [1.29, 1.82) is 0 Å². The number of aromatic nitrogens is 1. The fraction of sp³-hybridized carbons (Fsp3) is 0.750. The minimum Gasteiger partial charge on any atom is -0.380 e. The molecular formula is C12H22N2O2. The first-order valence-electron chi connectivity index (χ1n) is 5.89. The molecular weight excluding hydrogens is 204 g/mol. The van der Waals surface area contributed by atoms with E-state index in [9.17, 15) is 0 Å². The Kier molecular flexibility index (Phi) is 6.11. The van der Waals surface area contributed by atoms with Gasteiger partial charge in [0.15, 0.2) is 5.76 Å². The molecule has 0 aliphatic carbocycles. The molecule has 1 heterocycles. The van der Waals surface area contributed by atoms with Crippen molar-refractivity contribution in [2.75, 3.05) is 19.8 Å². The van der Waals surface area contributed by atoms with Gasteiger partial charge in [0.25, 0.3) is 0 Å². The molecule has 92 valence electrons. The predicted molar refractivity (Wildman–Crippen MR) is 63.2 cm³/mol. The van der Waals surface area contributed by atoms with Crippen molar-refractivity contribution in [3.63, 3.8) is 0 Å². The molecule has 0 fully saturated rings. The summed E-state index contributed by atoms with van der Waals surface area (Å²) < 4.78 is 10.5.